The maximum Gasteiger partial charge on any atom is 0.317 e. The Morgan fingerprint density at radius 2 is 1.74 bits per heavy atom. The molecule has 1 aliphatic carbocycles. The molecule has 1 fully saturated rings. The Hall–Kier alpha value is -1.75. The van der Waals surface area contributed by atoms with Crippen molar-refractivity contribution in [3.05, 3.63) is 28.2 Å². The number of nitrogens with zero attached hydrogens (tertiary/aromatic N) is 1. The zero-order valence-electron chi connectivity index (χ0n) is 22.9. The van der Waals surface area contributed by atoms with Gasteiger partial charge in [-0.3, -0.25) is 0 Å². The van der Waals surface area contributed by atoms with Crippen molar-refractivity contribution < 1.29 is 18.0 Å². The number of carbonyl (C=O) groups is 2. The first kappa shape index (κ1) is 32.5. The third kappa shape index (κ3) is 11.6. The summed E-state index contributed by atoms with van der Waals surface area (Å²) < 4.78 is 27.8. The molecule has 9 nitrogen and oxygen atoms in total. The van der Waals surface area contributed by atoms with Gasteiger partial charge >= 0.3 is 12.1 Å². The standard InChI is InChI=1S/C26H43Cl2N5O4S/c1-18(2)15-22(32-25(34)31-21-9-5-6-10-21)17-33(26(35)30-19(3)4)14-8-7-13-29-38(36,37)24-12-11-20(27)16-23(24)28/h11-12,16,18-19,21-22,29H,5-10,13-15,17H2,1-4H3,(H,30,35)(H2,31,32,34)/t22-/m0/s1. The van der Waals surface area contributed by atoms with Crippen LogP contribution in [-0.4, -0.2) is 63.1 Å². The van der Waals surface area contributed by atoms with Crippen molar-refractivity contribution in [2.45, 2.75) is 95.7 Å². The SMILES string of the molecule is CC(C)C[C@@H](CN(CCCCNS(=O)(=O)c1ccc(Cl)cc1Cl)C(=O)NC(C)C)NC(=O)NC1CCCC1. The van der Waals surface area contributed by atoms with Crippen LogP contribution in [0.2, 0.25) is 10.0 Å². The van der Waals surface area contributed by atoms with Crippen LogP contribution in [0.1, 0.15) is 72.6 Å². The van der Waals surface area contributed by atoms with Gasteiger partial charge in [-0.1, -0.05) is 49.9 Å². The molecule has 38 heavy (non-hydrogen) atoms. The first-order valence-electron chi connectivity index (χ1n) is 13.4. The average molecular weight is 593 g/mol. The van der Waals surface area contributed by atoms with E-state index in [0.29, 0.717) is 36.9 Å². The number of benzene rings is 1. The second-order valence-corrected chi connectivity index (χ2v) is 13.2. The summed E-state index contributed by atoms with van der Waals surface area (Å²) >= 11 is 11.9. The molecule has 1 saturated carbocycles. The average Bonchev–Trinajstić information content (AvgIpc) is 3.29. The third-order valence-electron chi connectivity index (χ3n) is 6.25. The molecular formula is C26H43Cl2N5O4S. The summed E-state index contributed by atoms with van der Waals surface area (Å²) in [7, 11) is -3.78. The number of halogens is 2. The number of urea groups is 2. The van der Waals surface area contributed by atoms with Gasteiger partial charge in [0.05, 0.1) is 5.02 Å². The van der Waals surface area contributed by atoms with Crippen molar-refractivity contribution in [1.82, 2.24) is 25.6 Å². The smallest absolute Gasteiger partial charge is 0.317 e. The Bertz CT molecular complexity index is 1020. The van der Waals surface area contributed by atoms with Crippen LogP contribution >= 0.6 is 23.2 Å². The minimum Gasteiger partial charge on any atom is -0.336 e. The van der Waals surface area contributed by atoms with Crippen LogP contribution in [0.25, 0.3) is 0 Å². The van der Waals surface area contributed by atoms with Gasteiger partial charge in [0.1, 0.15) is 4.90 Å². The summed E-state index contributed by atoms with van der Waals surface area (Å²) in [5, 5.41) is 9.49. The van der Waals surface area contributed by atoms with E-state index >= 15 is 0 Å². The molecule has 0 spiro atoms. The second-order valence-electron chi connectivity index (χ2n) is 10.7. The van der Waals surface area contributed by atoms with Crippen LogP contribution in [0.3, 0.4) is 0 Å². The van der Waals surface area contributed by atoms with Crippen LogP contribution in [0.4, 0.5) is 9.59 Å². The Morgan fingerprint density at radius 3 is 2.34 bits per heavy atom. The zero-order chi connectivity index (χ0) is 28.3. The fourth-order valence-corrected chi connectivity index (χ4v) is 6.36. The number of hydrogen-bond acceptors (Lipinski definition) is 4. The highest BCUT2D eigenvalue weighted by Gasteiger charge is 2.24. The molecule has 0 unspecified atom stereocenters. The van der Waals surface area contributed by atoms with E-state index in [-0.39, 0.29) is 46.7 Å². The van der Waals surface area contributed by atoms with E-state index < -0.39 is 10.0 Å². The molecule has 1 aliphatic rings. The minimum absolute atomic E-state index is 0.0278. The van der Waals surface area contributed by atoms with Crippen LogP contribution in [0.5, 0.6) is 0 Å². The van der Waals surface area contributed by atoms with E-state index in [1.54, 1.807) is 4.90 Å². The van der Waals surface area contributed by atoms with Gasteiger partial charge in [0.15, 0.2) is 0 Å². The maximum atomic E-state index is 13.0. The Labute approximate surface area is 237 Å². The van der Waals surface area contributed by atoms with E-state index in [2.05, 4.69) is 34.5 Å². The maximum absolute atomic E-state index is 13.0. The van der Waals surface area contributed by atoms with E-state index in [1.165, 1.54) is 18.2 Å². The highest BCUT2D eigenvalue weighted by atomic mass is 35.5. The fraction of sp³-hybridized carbons (Fsp3) is 0.692. The zero-order valence-corrected chi connectivity index (χ0v) is 25.2. The van der Waals surface area contributed by atoms with Crippen molar-refractivity contribution in [1.29, 1.82) is 0 Å². The van der Waals surface area contributed by atoms with E-state index in [9.17, 15) is 18.0 Å². The van der Waals surface area contributed by atoms with Gasteiger partial charge in [-0.2, -0.15) is 0 Å². The second kappa shape index (κ2) is 15.7. The van der Waals surface area contributed by atoms with Crippen molar-refractivity contribution in [3.63, 3.8) is 0 Å². The third-order valence-corrected chi connectivity index (χ3v) is 8.43. The van der Waals surface area contributed by atoms with Crippen molar-refractivity contribution in [3.8, 4) is 0 Å². The molecule has 1 aromatic rings. The predicted molar refractivity (Wildman–Crippen MR) is 153 cm³/mol. The topological polar surface area (TPSA) is 120 Å². The molecule has 0 heterocycles. The number of amides is 4. The van der Waals surface area contributed by atoms with Crippen LogP contribution in [0.15, 0.2) is 23.1 Å². The molecule has 1 aromatic carbocycles. The molecule has 0 radical (unpaired) electrons. The first-order valence-corrected chi connectivity index (χ1v) is 15.7. The molecular weight excluding hydrogens is 549 g/mol. The Morgan fingerprint density at radius 1 is 1.05 bits per heavy atom. The highest BCUT2D eigenvalue weighted by molar-refractivity contribution is 7.89. The van der Waals surface area contributed by atoms with Crippen LogP contribution in [-0.2, 0) is 10.0 Å². The number of carbonyl (C=O) groups excluding carboxylic acids is 2. The molecule has 2 rings (SSSR count). The number of nitrogens with one attached hydrogen (secondary N) is 4. The summed E-state index contributed by atoms with van der Waals surface area (Å²) in [5.41, 5.74) is 0. The highest BCUT2D eigenvalue weighted by Crippen LogP contribution is 2.24. The number of rotatable bonds is 14. The summed E-state index contributed by atoms with van der Waals surface area (Å²) in [6.07, 6.45) is 6.08. The van der Waals surface area contributed by atoms with Gasteiger partial charge in [0, 0.05) is 42.8 Å². The number of hydrogen-bond donors (Lipinski definition) is 4. The van der Waals surface area contributed by atoms with Crippen LogP contribution in [0, 0.1) is 5.92 Å². The monoisotopic (exact) mass is 591 g/mol. The molecule has 0 bridgehead atoms. The van der Waals surface area contributed by atoms with Crippen molar-refractivity contribution >= 4 is 45.3 Å². The molecule has 1 atom stereocenters. The molecule has 0 saturated heterocycles. The summed E-state index contributed by atoms with van der Waals surface area (Å²) in [6.45, 7) is 8.93. The largest absolute Gasteiger partial charge is 0.336 e. The molecule has 216 valence electrons. The molecule has 4 N–H and O–H groups in total. The predicted octanol–water partition coefficient (Wildman–Crippen LogP) is 5.13. The lowest BCUT2D eigenvalue weighted by atomic mass is 10.0. The number of sulfonamides is 1. The van der Waals surface area contributed by atoms with Gasteiger partial charge < -0.3 is 20.9 Å². The van der Waals surface area contributed by atoms with Crippen molar-refractivity contribution in [2.75, 3.05) is 19.6 Å². The normalized spacial score (nSPS) is 15.1. The Balaban J connectivity index is 1.95. The van der Waals surface area contributed by atoms with Gasteiger partial charge in [0.25, 0.3) is 0 Å². The fourth-order valence-electron chi connectivity index (χ4n) is 4.52. The van der Waals surface area contributed by atoms with E-state index in [4.69, 9.17) is 23.2 Å². The summed E-state index contributed by atoms with van der Waals surface area (Å²) in [6, 6.07) is 3.80. The molecule has 12 heteroatoms. The van der Waals surface area contributed by atoms with E-state index in [1.807, 2.05) is 13.8 Å². The van der Waals surface area contributed by atoms with Gasteiger partial charge in [-0.15, -0.1) is 0 Å². The summed E-state index contributed by atoms with van der Waals surface area (Å²) in [4.78, 5) is 27.3. The molecule has 0 aromatic heterocycles. The minimum atomic E-state index is -3.78. The van der Waals surface area contributed by atoms with Gasteiger partial charge in [-0.25, -0.2) is 22.7 Å². The Kier molecular flexibility index (Phi) is 13.4. The lowest BCUT2D eigenvalue weighted by Gasteiger charge is -2.30. The molecule has 0 aliphatic heterocycles. The van der Waals surface area contributed by atoms with Crippen molar-refractivity contribution in [2.24, 2.45) is 5.92 Å². The lowest BCUT2D eigenvalue weighted by Crippen LogP contribution is -2.53. The summed E-state index contributed by atoms with van der Waals surface area (Å²) in [5.74, 6) is 0.330. The van der Waals surface area contributed by atoms with Gasteiger partial charge in [0.2, 0.25) is 10.0 Å². The quantitative estimate of drug-likeness (QED) is 0.224. The number of unbranched alkanes of at least 4 members (excludes halogenated alkanes) is 1. The first-order chi connectivity index (χ1) is 17.9. The van der Waals surface area contributed by atoms with Gasteiger partial charge in [-0.05, 0) is 70.1 Å². The van der Waals surface area contributed by atoms with Crippen LogP contribution < -0.4 is 20.7 Å². The van der Waals surface area contributed by atoms with E-state index in [0.717, 1.165) is 32.1 Å². The molecule has 4 amide bonds. The lowest BCUT2D eigenvalue weighted by molar-refractivity contribution is 0.182.